The molecule has 0 bridgehead atoms. The molecule has 1 N–H and O–H groups in total. The molecular weight excluding hydrogens is 276 g/mol. The zero-order chi connectivity index (χ0) is 15.9. The molecule has 1 aliphatic heterocycles. The third-order valence-electron chi connectivity index (χ3n) is 4.10. The molecule has 1 atom stereocenters. The SMILES string of the molecule is CC[C@@H](NC(=O)N1CCN(CC(C)C)CC1)c1ccncc1. The molecule has 2 heterocycles. The summed E-state index contributed by atoms with van der Waals surface area (Å²) in [6, 6.07) is 4.04. The van der Waals surface area contributed by atoms with Crippen LogP contribution in [0.2, 0.25) is 0 Å². The molecule has 0 radical (unpaired) electrons. The largest absolute Gasteiger partial charge is 0.331 e. The minimum absolute atomic E-state index is 0.0489. The number of hydrogen-bond acceptors (Lipinski definition) is 3. The molecule has 0 saturated carbocycles. The first-order valence-electron chi connectivity index (χ1n) is 8.27. The van der Waals surface area contributed by atoms with E-state index >= 15 is 0 Å². The summed E-state index contributed by atoms with van der Waals surface area (Å²) >= 11 is 0. The van der Waals surface area contributed by atoms with Gasteiger partial charge in [0.25, 0.3) is 0 Å². The number of carbonyl (C=O) groups is 1. The molecule has 0 aliphatic carbocycles. The number of amides is 2. The van der Waals surface area contributed by atoms with Crippen LogP contribution in [0.3, 0.4) is 0 Å². The Balaban J connectivity index is 1.85. The number of urea groups is 1. The quantitative estimate of drug-likeness (QED) is 0.909. The van der Waals surface area contributed by atoms with E-state index < -0.39 is 0 Å². The lowest BCUT2D eigenvalue weighted by Crippen LogP contribution is -2.52. The maximum atomic E-state index is 12.5. The van der Waals surface area contributed by atoms with Crippen LogP contribution in [0.1, 0.15) is 38.8 Å². The lowest BCUT2D eigenvalue weighted by Gasteiger charge is -2.36. The fourth-order valence-electron chi connectivity index (χ4n) is 2.91. The molecule has 1 aromatic rings. The predicted octanol–water partition coefficient (Wildman–Crippen LogP) is 2.52. The highest BCUT2D eigenvalue weighted by Crippen LogP contribution is 2.16. The van der Waals surface area contributed by atoms with E-state index in [0.717, 1.165) is 44.7 Å². The topological polar surface area (TPSA) is 48.5 Å². The Kier molecular flexibility index (Phi) is 6.19. The molecule has 5 nitrogen and oxygen atoms in total. The van der Waals surface area contributed by atoms with Gasteiger partial charge in [0.15, 0.2) is 0 Å². The highest BCUT2D eigenvalue weighted by Gasteiger charge is 2.23. The molecule has 1 aliphatic rings. The van der Waals surface area contributed by atoms with Crippen molar-refractivity contribution in [2.24, 2.45) is 5.92 Å². The minimum atomic E-state index is 0.0489. The summed E-state index contributed by atoms with van der Waals surface area (Å²) in [5.74, 6) is 0.677. The zero-order valence-electron chi connectivity index (χ0n) is 14.0. The number of nitrogens with one attached hydrogen (secondary N) is 1. The number of piperazine rings is 1. The van der Waals surface area contributed by atoms with Gasteiger partial charge in [0.1, 0.15) is 0 Å². The van der Waals surface area contributed by atoms with Gasteiger partial charge < -0.3 is 10.2 Å². The lowest BCUT2D eigenvalue weighted by molar-refractivity contribution is 0.129. The van der Waals surface area contributed by atoms with Gasteiger partial charge in [0.05, 0.1) is 6.04 Å². The second kappa shape index (κ2) is 8.13. The van der Waals surface area contributed by atoms with E-state index in [4.69, 9.17) is 0 Å². The zero-order valence-corrected chi connectivity index (χ0v) is 14.0. The van der Waals surface area contributed by atoms with Crippen LogP contribution >= 0.6 is 0 Å². The van der Waals surface area contributed by atoms with Crippen molar-refractivity contribution in [1.82, 2.24) is 20.1 Å². The molecule has 2 rings (SSSR count). The van der Waals surface area contributed by atoms with Crippen LogP contribution in [0.4, 0.5) is 4.79 Å². The molecule has 0 aromatic carbocycles. The molecule has 5 heteroatoms. The standard InChI is InChI=1S/C17H28N4O/c1-4-16(15-5-7-18-8-6-15)19-17(22)21-11-9-20(10-12-21)13-14(2)3/h5-8,14,16H,4,9-13H2,1-3H3,(H,19,22)/t16-/m1/s1. The number of rotatable bonds is 5. The van der Waals surface area contributed by atoms with E-state index in [9.17, 15) is 4.79 Å². The Morgan fingerprint density at radius 2 is 1.86 bits per heavy atom. The van der Waals surface area contributed by atoms with Crippen molar-refractivity contribution in [3.05, 3.63) is 30.1 Å². The van der Waals surface area contributed by atoms with Crippen molar-refractivity contribution in [1.29, 1.82) is 0 Å². The van der Waals surface area contributed by atoms with Gasteiger partial charge in [-0.1, -0.05) is 20.8 Å². The van der Waals surface area contributed by atoms with Crippen LogP contribution in [0.25, 0.3) is 0 Å². The van der Waals surface area contributed by atoms with Crippen LogP contribution in [0, 0.1) is 5.92 Å². The summed E-state index contributed by atoms with van der Waals surface area (Å²) in [5.41, 5.74) is 1.12. The van der Waals surface area contributed by atoms with Crippen LogP contribution in [-0.4, -0.2) is 53.5 Å². The van der Waals surface area contributed by atoms with Gasteiger partial charge in [-0.3, -0.25) is 9.88 Å². The van der Waals surface area contributed by atoms with E-state index in [0.29, 0.717) is 5.92 Å². The van der Waals surface area contributed by atoms with Gasteiger partial charge >= 0.3 is 6.03 Å². The van der Waals surface area contributed by atoms with E-state index in [1.165, 1.54) is 0 Å². The third-order valence-corrected chi connectivity index (χ3v) is 4.10. The van der Waals surface area contributed by atoms with Gasteiger partial charge in [-0.05, 0) is 30.0 Å². The van der Waals surface area contributed by atoms with Crippen LogP contribution in [0.15, 0.2) is 24.5 Å². The fourth-order valence-corrected chi connectivity index (χ4v) is 2.91. The molecule has 0 unspecified atom stereocenters. The van der Waals surface area contributed by atoms with Gasteiger partial charge in [0.2, 0.25) is 0 Å². The smallest absolute Gasteiger partial charge is 0.317 e. The molecular formula is C17H28N4O. The summed E-state index contributed by atoms with van der Waals surface area (Å²) in [7, 11) is 0. The van der Waals surface area contributed by atoms with E-state index in [-0.39, 0.29) is 12.1 Å². The van der Waals surface area contributed by atoms with Gasteiger partial charge in [-0.15, -0.1) is 0 Å². The van der Waals surface area contributed by atoms with Crippen molar-refractivity contribution >= 4 is 6.03 Å². The first-order valence-corrected chi connectivity index (χ1v) is 8.27. The number of nitrogens with zero attached hydrogens (tertiary/aromatic N) is 3. The number of hydrogen-bond donors (Lipinski definition) is 1. The average molecular weight is 304 g/mol. The molecule has 122 valence electrons. The Labute approximate surface area is 133 Å². The molecule has 1 aromatic heterocycles. The predicted molar refractivity (Wildman–Crippen MR) is 88.7 cm³/mol. The van der Waals surface area contributed by atoms with E-state index in [1.807, 2.05) is 17.0 Å². The first-order chi connectivity index (χ1) is 10.6. The summed E-state index contributed by atoms with van der Waals surface area (Å²) < 4.78 is 0. The summed E-state index contributed by atoms with van der Waals surface area (Å²) in [5, 5.41) is 3.15. The van der Waals surface area contributed by atoms with Crippen molar-refractivity contribution < 1.29 is 4.79 Å². The summed E-state index contributed by atoms with van der Waals surface area (Å²) in [6.07, 6.45) is 4.42. The van der Waals surface area contributed by atoms with Crippen molar-refractivity contribution in [2.75, 3.05) is 32.7 Å². The van der Waals surface area contributed by atoms with E-state index in [1.54, 1.807) is 12.4 Å². The molecule has 1 saturated heterocycles. The summed E-state index contributed by atoms with van der Waals surface area (Å²) in [4.78, 5) is 20.9. The van der Waals surface area contributed by atoms with Crippen molar-refractivity contribution in [2.45, 2.75) is 33.2 Å². The van der Waals surface area contributed by atoms with Gasteiger partial charge in [-0.25, -0.2) is 4.79 Å². The molecule has 1 fully saturated rings. The van der Waals surface area contributed by atoms with Crippen LogP contribution in [0.5, 0.6) is 0 Å². The van der Waals surface area contributed by atoms with E-state index in [2.05, 4.69) is 36.0 Å². The third kappa shape index (κ3) is 4.70. The number of aromatic nitrogens is 1. The molecule has 0 spiro atoms. The number of pyridine rings is 1. The molecule has 22 heavy (non-hydrogen) atoms. The first kappa shape index (κ1) is 16.7. The Morgan fingerprint density at radius 1 is 1.23 bits per heavy atom. The summed E-state index contributed by atoms with van der Waals surface area (Å²) in [6.45, 7) is 11.2. The minimum Gasteiger partial charge on any atom is -0.331 e. The fraction of sp³-hybridized carbons (Fsp3) is 0.647. The average Bonchev–Trinajstić information content (AvgIpc) is 2.53. The van der Waals surface area contributed by atoms with Gasteiger partial charge in [0, 0.05) is 45.1 Å². The maximum Gasteiger partial charge on any atom is 0.317 e. The lowest BCUT2D eigenvalue weighted by atomic mass is 10.1. The Bertz CT molecular complexity index is 455. The second-order valence-electron chi connectivity index (χ2n) is 6.37. The van der Waals surface area contributed by atoms with Crippen molar-refractivity contribution in [3.8, 4) is 0 Å². The van der Waals surface area contributed by atoms with Crippen LogP contribution in [-0.2, 0) is 0 Å². The van der Waals surface area contributed by atoms with Crippen LogP contribution < -0.4 is 5.32 Å². The van der Waals surface area contributed by atoms with Gasteiger partial charge in [-0.2, -0.15) is 0 Å². The maximum absolute atomic E-state index is 12.5. The highest BCUT2D eigenvalue weighted by atomic mass is 16.2. The van der Waals surface area contributed by atoms with Crippen molar-refractivity contribution in [3.63, 3.8) is 0 Å². The highest BCUT2D eigenvalue weighted by molar-refractivity contribution is 5.74. The Hall–Kier alpha value is -1.62. The monoisotopic (exact) mass is 304 g/mol. The molecule has 2 amide bonds. The number of carbonyl (C=O) groups excluding carboxylic acids is 1. The second-order valence-corrected chi connectivity index (χ2v) is 6.37. The Morgan fingerprint density at radius 3 is 2.41 bits per heavy atom. The normalized spacial score (nSPS) is 17.5.